The Bertz CT molecular complexity index is 432. The Labute approximate surface area is 140 Å². The summed E-state index contributed by atoms with van der Waals surface area (Å²) in [6.45, 7) is 3.64. The van der Waals surface area contributed by atoms with Gasteiger partial charge in [-0.15, -0.1) is 12.4 Å². The van der Waals surface area contributed by atoms with E-state index >= 15 is 0 Å². The van der Waals surface area contributed by atoms with Crippen LogP contribution in [0.25, 0.3) is 0 Å². The average molecular weight is 325 g/mol. The van der Waals surface area contributed by atoms with E-state index in [1.807, 2.05) is 20.0 Å². The third kappa shape index (κ3) is 5.29. The molecular weight excluding hydrogens is 296 g/mol. The maximum absolute atomic E-state index is 12.7. The highest BCUT2D eigenvalue weighted by Gasteiger charge is 2.28. The van der Waals surface area contributed by atoms with Crippen LogP contribution in [0.15, 0.2) is 30.3 Å². The van der Waals surface area contributed by atoms with Crippen molar-refractivity contribution in [3.63, 3.8) is 0 Å². The third-order valence-corrected chi connectivity index (χ3v) is 4.46. The number of halogens is 1. The number of nitrogens with one attached hydrogen (secondary N) is 1. The molecular formula is C18H29ClN2O. The summed E-state index contributed by atoms with van der Waals surface area (Å²) >= 11 is 0. The molecule has 1 aliphatic carbocycles. The Balaban J connectivity index is 0.00000242. The van der Waals surface area contributed by atoms with Crippen molar-refractivity contribution in [2.45, 2.75) is 45.1 Å². The molecule has 4 heteroatoms. The highest BCUT2D eigenvalue weighted by molar-refractivity contribution is 5.85. The van der Waals surface area contributed by atoms with E-state index in [9.17, 15) is 4.79 Å². The Morgan fingerprint density at radius 3 is 2.50 bits per heavy atom. The zero-order valence-electron chi connectivity index (χ0n) is 13.8. The molecule has 0 saturated heterocycles. The predicted molar refractivity (Wildman–Crippen MR) is 94.5 cm³/mol. The fourth-order valence-electron chi connectivity index (χ4n) is 3.26. The van der Waals surface area contributed by atoms with E-state index in [1.54, 1.807) is 0 Å². The number of benzene rings is 1. The first-order valence-electron chi connectivity index (χ1n) is 8.21. The summed E-state index contributed by atoms with van der Waals surface area (Å²) in [5.41, 5.74) is 1.31. The van der Waals surface area contributed by atoms with Crippen LogP contribution in [0, 0.1) is 5.92 Å². The van der Waals surface area contributed by atoms with Crippen molar-refractivity contribution in [3.8, 4) is 0 Å². The summed E-state index contributed by atoms with van der Waals surface area (Å²) in [7, 11) is 1.91. The number of hydrogen-bond acceptors (Lipinski definition) is 2. The number of carbonyl (C=O) groups is 1. The lowest BCUT2D eigenvalue weighted by molar-refractivity contribution is -0.137. The molecule has 2 rings (SSSR count). The van der Waals surface area contributed by atoms with Crippen LogP contribution in [0.3, 0.4) is 0 Å². The van der Waals surface area contributed by atoms with Gasteiger partial charge >= 0.3 is 0 Å². The van der Waals surface area contributed by atoms with Crippen molar-refractivity contribution in [1.29, 1.82) is 0 Å². The van der Waals surface area contributed by atoms with Crippen molar-refractivity contribution in [2.24, 2.45) is 5.92 Å². The first-order valence-corrected chi connectivity index (χ1v) is 8.21. The summed E-state index contributed by atoms with van der Waals surface area (Å²) in [5, 5.41) is 3.12. The third-order valence-electron chi connectivity index (χ3n) is 4.46. The van der Waals surface area contributed by atoms with Gasteiger partial charge < -0.3 is 10.2 Å². The van der Waals surface area contributed by atoms with E-state index in [0.717, 1.165) is 19.5 Å². The molecule has 0 spiro atoms. The van der Waals surface area contributed by atoms with Crippen LogP contribution in [0.5, 0.6) is 0 Å². The molecule has 1 N–H and O–H groups in total. The van der Waals surface area contributed by atoms with Gasteiger partial charge in [-0.05, 0) is 31.9 Å². The lowest BCUT2D eigenvalue weighted by Crippen LogP contribution is -2.44. The van der Waals surface area contributed by atoms with Gasteiger partial charge in [-0.2, -0.15) is 0 Å². The van der Waals surface area contributed by atoms with Crippen LogP contribution in [-0.2, 0) is 11.2 Å². The minimum atomic E-state index is 0. The number of rotatable bonds is 7. The lowest BCUT2D eigenvalue weighted by Gasteiger charge is -2.31. The zero-order chi connectivity index (χ0) is 15.1. The van der Waals surface area contributed by atoms with Crippen LogP contribution in [0.2, 0.25) is 0 Å². The molecule has 0 heterocycles. The van der Waals surface area contributed by atoms with Crippen molar-refractivity contribution >= 4 is 18.3 Å². The molecule has 1 aliphatic rings. The summed E-state index contributed by atoms with van der Waals surface area (Å²) in [6.07, 6.45) is 5.83. The van der Waals surface area contributed by atoms with Crippen LogP contribution in [-0.4, -0.2) is 37.0 Å². The highest BCUT2D eigenvalue weighted by Crippen LogP contribution is 2.25. The highest BCUT2D eigenvalue weighted by atomic mass is 35.5. The molecule has 1 atom stereocenters. The van der Waals surface area contributed by atoms with Gasteiger partial charge in [0.2, 0.25) is 5.91 Å². The normalized spacial score (nSPS) is 16.1. The molecule has 1 amide bonds. The lowest BCUT2D eigenvalue weighted by atomic mass is 10.1. The van der Waals surface area contributed by atoms with Crippen molar-refractivity contribution in [2.75, 3.05) is 20.1 Å². The summed E-state index contributed by atoms with van der Waals surface area (Å²) in [4.78, 5) is 14.9. The van der Waals surface area contributed by atoms with Gasteiger partial charge in [0, 0.05) is 25.0 Å². The molecule has 0 bridgehead atoms. The van der Waals surface area contributed by atoms with Crippen molar-refractivity contribution in [1.82, 2.24) is 10.2 Å². The quantitative estimate of drug-likeness (QED) is 0.834. The van der Waals surface area contributed by atoms with Crippen molar-refractivity contribution in [3.05, 3.63) is 35.9 Å². The van der Waals surface area contributed by atoms with Crippen molar-refractivity contribution < 1.29 is 4.79 Å². The summed E-state index contributed by atoms with van der Waals surface area (Å²) in [6, 6.07) is 10.9. The van der Waals surface area contributed by atoms with Gasteiger partial charge in [-0.3, -0.25) is 4.79 Å². The fraction of sp³-hybridized carbons (Fsp3) is 0.611. The zero-order valence-corrected chi connectivity index (χ0v) is 14.6. The molecule has 0 aromatic heterocycles. The minimum absolute atomic E-state index is 0. The Kier molecular flexibility index (Phi) is 8.51. The molecule has 1 aromatic carbocycles. The standard InChI is InChI=1S/C18H28N2O.ClH/c1-15(14-19-2)18(21)20(17-10-6-7-11-17)13-12-16-8-4-3-5-9-16;/h3-5,8-9,15,17,19H,6-7,10-14H2,1-2H3;1H. The molecule has 124 valence electrons. The second-order valence-corrected chi connectivity index (χ2v) is 6.16. The summed E-state index contributed by atoms with van der Waals surface area (Å²) in [5.74, 6) is 0.374. The van der Waals surface area contributed by atoms with Crippen LogP contribution >= 0.6 is 12.4 Å². The Morgan fingerprint density at radius 2 is 1.91 bits per heavy atom. The SMILES string of the molecule is CNCC(C)C(=O)N(CCc1ccccc1)C1CCCC1.Cl. The van der Waals surface area contributed by atoms with Gasteiger partial charge in [0.05, 0.1) is 0 Å². The maximum Gasteiger partial charge on any atom is 0.226 e. The smallest absolute Gasteiger partial charge is 0.226 e. The van der Waals surface area contributed by atoms with Gasteiger partial charge in [0.15, 0.2) is 0 Å². The van der Waals surface area contributed by atoms with Gasteiger partial charge in [-0.25, -0.2) is 0 Å². The van der Waals surface area contributed by atoms with Crippen LogP contribution in [0.4, 0.5) is 0 Å². The minimum Gasteiger partial charge on any atom is -0.339 e. The fourth-order valence-corrected chi connectivity index (χ4v) is 3.26. The van der Waals surface area contributed by atoms with E-state index in [2.05, 4.69) is 34.5 Å². The number of hydrogen-bond donors (Lipinski definition) is 1. The molecule has 22 heavy (non-hydrogen) atoms. The first-order chi connectivity index (χ1) is 10.2. The van der Waals surface area contributed by atoms with E-state index < -0.39 is 0 Å². The second kappa shape index (κ2) is 9.86. The molecule has 3 nitrogen and oxygen atoms in total. The monoisotopic (exact) mass is 324 g/mol. The van der Waals surface area contributed by atoms with Gasteiger partial charge in [0.25, 0.3) is 0 Å². The summed E-state index contributed by atoms with van der Waals surface area (Å²) < 4.78 is 0. The number of nitrogens with zero attached hydrogens (tertiary/aromatic N) is 1. The van der Waals surface area contributed by atoms with Crippen LogP contribution < -0.4 is 5.32 Å². The molecule has 1 saturated carbocycles. The number of carbonyl (C=O) groups excluding carboxylic acids is 1. The molecule has 1 aromatic rings. The Hall–Kier alpha value is -1.06. The number of amides is 1. The first kappa shape index (κ1) is 19.0. The Morgan fingerprint density at radius 1 is 1.27 bits per heavy atom. The molecule has 0 radical (unpaired) electrons. The van der Waals surface area contributed by atoms with E-state index in [-0.39, 0.29) is 18.3 Å². The van der Waals surface area contributed by atoms with E-state index in [4.69, 9.17) is 0 Å². The maximum atomic E-state index is 12.7. The van der Waals surface area contributed by atoms with Gasteiger partial charge in [0.1, 0.15) is 0 Å². The topological polar surface area (TPSA) is 32.3 Å². The predicted octanol–water partition coefficient (Wildman–Crippen LogP) is 3.28. The van der Waals surface area contributed by atoms with Crippen LogP contribution in [0.1, 0.15) is 38.2 Å². The van der Waals surface area contributed by atoms with Gasteiger partial charge in [-0.1, -0.05) is 50.1 Å². The van der Waals surface area contributed by atoms with E-state index in [0.29, 0.717) is 11.9 Å². The molecule has 1 unspecified atom stereocenters. The molecule has 1 fully saturated rings. The van der Waals surface area contributed by atoms with E-state index in [1.165, 1.54) is 31.2 Å². The average Bonchev–Trinajstić information content (AvgIpc) is 3.03. The largest absolute Gasteiger partial charge is 0.339 e. The second-order valence-electron chi connectivity index (χ2n) is 6.16. The molecule has 0 aliphatic heterocycles.